The molecule has 0 radical (unpaired) electrons. The molecule has 1 fully saturated rings. The van der Waals surface area contributed by atoms with E-state index in [1.807, 2.05) is 6.07 Å². The number of H-pyrrole nitrogens is 1. The van der Waals surface area contributed by atoms with Crippen LogP contribution in [-0.4, -0.2) is 22.2 Å². The van der Waals surface area contributed by atoms with E-state index < -0.39 is 0 Å². The molecule has 3 heterocycles. The molecular formula is C14H14N2O. The van der Waals surface area contributed by atoms with E-state index in [1.54, 1.807) is 0 Å². The highest BCUT2D eigenvalue weighted by Crippen LogP contribution is 2.40. The van der Waals surface area contributed by atoms with Gasteiger partial charge in [0.05, 0.1) is 0 Å². The molecule has 1 N–H and O–H groups in total. The van der Waals surface area contributed by atoms with E-state index in [9.17, 15) is 4.79 Å². The zero-order valence-electron chi connectivity index (χ0n) is 9.57. The van der Waals surface area contributed by atoms with Crippen LogP contribution in [0.15, 0.2) is 24.3 Å². The smallest absolute Gasteiger partial charge is 0.156 e. The number of piperidine rings is 1. The first-order valence-corrected chi connectivity index (χ1v) is 6.21. The quantitative estimate of drug-likeness (QED) is 0.748. The van der Waals surface area contributed by atoms with Crippen molar-refractivity contribution in [2.75, 3.05) is 6.54 Å². The normalized spacial score (nSPS) is 24.0. The number of hydrogen-bond acceptors (Lipinski definition) is 2. The summed E-state index contributed by atoms with van der Waals surface area (Å²) < 4.78 is 0. The summed E-state index contributed by atoms with van der Waals surface area (Å²) in [5, 5.41) is 1.28. The van der Waals surface area contributed by atoms with Crippen molar-refractivity contribution in [2.24, 2.45) is 0 Å². The topological polar surface area (TPSA) is 36.1 Å². The van der Waals surface area contributed by atoms with Crippen molar-refractivity contribution in [3.8, 4) is 0 Å². The summed E-state index contributed by atoms with van der Waals surface area (Å²) in [5.41, 5.74) is 3.65. The molecule has 1 unspecified atom stereocenters. The lowest BCUT2D eigenvalue weighted by Gasteiger charge is -2.28. The number of para-hydroxylation sites is 1. The monoisotopic (exact) mass is 226 g/mol. The third-order valence-electron chi connectivity index (χ3n) is 4.02. The van der Waals surface area contributed by atoms with Crippen molar-refractivity contribution in [3.05, 3.63) is 35.5 Å². The highest BCUT2D eigenvalue weighted by atomic mass is 16.1. The minimum Gasteiger partial charge on any atom is -0.356 e. The molecule has 1 saturated heterocycles. The van der Waals surface area contributed by atoms with Gasteiger partial charge in [-0.05, 0) is 24.6 Å². The van der Waals surface area contributed by atoms with Gasteiger partial charge in [-0.15, -0.1) is 0 Å². The lowest BCUT2D eigenvalue weighted by molar-refractivity contribution is -0.126. The van der Waals surface area contributed by atoms with Crippen LogP contribution < -0.4 is 0 Å². The molecule has 86 valence electrons. The molecule has 1 aromatic carbocycles. The van der Waals surface area contributed by atoms with E-state index in [4.69, 9.17) is 0 Å². The second-order valence-electron chi connectivity index (χ2n) is 5.01. The van der Waals surface area contributed by atoms with Crippen molar-refractivity contribution < 1.29 is 4.79 Å². The molecule has 4 rings (SSSR count). The molecule has 3 nitrogen and oxygen atoms in total. The fraction of sp³-hybridized carbons (Fsp3) is 0.357. The predicted molar refractivity (Wildman–Crippen MR) is 65.7 cm³/mol. The molecule has 2 aromatic rings. The van der Waals surface area contributed by atoms with E-state index in [2.05, 4.69) is 28.1 Å². The Morgan fingerprint density at radius 1 is 1.29 bits per heavy atom. The van der Waals surface area contributed by atoms with Crippen LogP contribution in [0.3, 0.4) is 0 Å². The van der Waals surface area contributed by atoms with Gasteiger partial charge in [0, 0.05) is 29.6 Å². The Morgan fingerprint density at radius 2 is 2.18 bits per heavy atom. The Balaban J connectivity index is 1.94. The van der Waals surface area contributed by atoms with Gasteiger partial charge in [-0.3, -0.25) is 9.69 Å². The van der Waals surface area contributed by atoms with Crippen LogP contribution in [0.4, 0.5) is 0 Å². The van der Waals surface area contributed by atoms with Crippen LogP contribution in [0.5, 0.6) is 0 Å². The summed E-state index contributed by atoms with van der Waals surface area (Å²) in [6.07, 6.45) is 1.74. The van der Waals surface area contributed by atoms with Gasteiger partial charge in [0.15, 0.2) is 5.78 Å². The van der Waals surface area contributed by atoms with Gasteiger partial charge in [-0.2, -0.15) is 0 Å². The minimum atomic E-state index is 0.00569. The highest BCUT2D eigenvalue weighted by Gasteiger charge is 2.39. The Hall–Kier alpha value is -1.61. The van der Waals surface area contributed by atoms with Gasteiger partial charge in [-0.25, -0.2) is 0 Å². The molecule has 17 heavy (non-hydrogen) atoms. The van der Waals surface area contributed by atoms with Gasteiger partial charge in [0.1, 0.15) is 6.04 Å². The Labute approximate surface area is 99.4 Å². The third-order valence-corrected chi connectivity index (χ3v) is 4.02. The van der Waals surface area contributed by atoms with Crippen LogP contribution in [0, 0.1) is 0 Å². The standard InChI is InChI=1S/C14H14N2O/c17-12-6-3-7-16-8-10-9-4-1-2-5-11(9)15-13(10)14(12)16/h1-2,4-5,14-15H,3,6-8H2. The zero-order chi connectivity index (χ0) is 11.4. The number of carbonyl (C=O) groups is 1. The zero-order valence-corrected chi connectivity index (χ0v) is 9.57. The number of ketones is 1. The number of rotatable bonds is 0. The molecule has 0 spiro atoms. The number of nitrogens with zero attached hydrogens (tertiary/aromatic N) is 1. The number of carbonyl (C=O) groups excluding carboxylic acids is 1. The number of benzene rings is 1. The van der Waals surface area contributed by atoms with E-state index in [-0.39, 0.29) is 6.04 Å². The lowest BCUT2D eigenvalue weighted by Crippen LogP contribution is -2.34. The maximum atomic E-state index is 12.1. The van der Waals surface area contributed by atoms with E-state index in [0.29, 0.717) is 5.78 Å². The van der Waals surface area contributed by atoms with Crippen molar-refractivity contribution in [1.82, 2.24) is 9.88 Å². The average molecular weight is 226 g/mol. The Morgan fingerprint density at radius 3 is 3.12 bits per heavy atom. The summed E-state index contributed by atoms with van der Waals surface area (Å²) >= 11 is 0. The van der Waals surface area contributed by atoms with Crippen LogP contribution in [0.25, 0.3) is 10.9 Å². The Bertz CT molecular complexity index is 614. The maximum absolute atomic E-state index is 12.1. The summed E-state index contributed by atoms with van der Waals surface area (Å²) in [5.74, 6) is 0.376. The number of aromatic amines is 1. The van der Waals surface area contributed by atoms with Gasteiger partial charge in [-0.1, -0.05) is 18.2 Å². The highest BCUT2D eigenvalue weighted by molar-refractivity contribution is 5.92. The average Bonchev–Trinajstić information content (AvgIpc) is 2.85. The fourth-order valence-corrected chi connectivity index (χ4v) is 3.27. The molecule has 1 atom stereocenters. The van der Waals surface area contributed by atoms with Crippen molar-refractivity contribution in [2.45, 2.75) is 25.4 Å². The van der Waals surface area contributed by atoms with Crippen LogP contribution in [-0.2, 0) is 11.3 Å². The number of fused-ring (bicyclic) bond motifs is 5. The first kappa shape index (κ1) is 9.42. The van der Waals surface area contributed by atoms with Crippen molar-refractivity contribution >= 4 is 16.7 Å². The molecule has 0 saturated carbocycles. The largest absolute Gasteiger partial charge is 0.356 e. The van der Waals surface area contributed by atoms with Gasteiger partial charge >= 0.3 is 0 Å². The minimum absolute atomic E-state index is 0.00569. The number of aromatic nitrogens is 1. The van der Waals surface area contributed by atoms with Gasteiger partial charge in [0.25, 0.3) is 0 Å². The number of hydrogen-bond donors (Lipinski definition) is 1. The van der Waals surface area contributed by atoms with E-state index >= 15 is 0 Å². The summed E-state index contributed by atoms with van der Waals surface area (Å²) in [6.45, 7) is 1.98. The molecule has 2 aliphatic rings. The summed E-state index contributed by atoms with van der Waals surface area (Å²) in [4.78, 5) is 17.8. The Kier molecular flexibility index (Phi) is 1.77. The first-order chi connectivity index (χ1) is 8.34. The molecule has 1 aromatic heterocycles. The SMILES string of the molecule is O=C1CCCN2Cc3c([nH]c4ccccc34)C12. The number of Topliss-reactive ketones (excluding diaryl/α,β-unsaturated/α-hetero) is 1. The van der Waals surface area contributed by atoms with Crippen molar-refractivity contribution in [3.63, 3.8) is 0 Å². The summed E-state index contributed by atoms with van der Waals surface area (Å²) in [6, 6.07) is 8.34. The van der Waals surface area contributed by atoms with Crippen LogP contribution in [0.1, 0.15) is 30.1 Å². The predicted octanol–water partition coefficient (Wildman–Crippen LogP) is 2.39. The molecular weight excluding hydrogens is 212 g/mol. The fourth-order valence-electron chi connectivity index (χ4n) is 3.27. The van der Waals surface area contributed by atoms with Gasteiger partial charge in [0.2, 0.25) is 0 Å². The molecule has 0 bridgehead atoms. The van der Waals surface area contributed by atoms with E-state index in [1.165, 1.54) is 10.9 Å². The maximum Gasteiger partial charge on any atom is 0.156 e. The van der Waals surface area contributed by atoms with Gasteiger partial charge < -0.3 is 4.98 Å². The third kappa shape index (κ3) is 1.17. The summed E-state index contributed by atoms with van der Waals surface area (Å²) in [7, 11) is 0. The van der Waals surface area contributed by atoms with E-state index in [0.717, 1.165) is 37.1 Å². The molecule has 3 heteroatoms. The molecule has 0 amide bonds. The molecule has 2 aliphatic heterocycles. The second kappa shape index (κ2) is 3.20. The lowest BCUT2D eigenvalue weighted by atomic mass is 10.0. The molecule has 0 aliphatic carbocycles. The second-order valence-corrected chi connectivity index (χ2v) is 5.01. The van der Waals surface area contributed by atoms with Crippen LogP contribution >= 0.6 is 0 Å². The number of nitrogens with one attached hydrogen (secondary N) is 1. The first-order valence-electron chi connectivity index (χ1n) is 6.21. The van der Waals surface area contributed by atoms with Crippen LogP contribution in [0.2, 0.25) is 0 Å². The van der Waals surface area contributed by atoms with Crippen molar-refractivity contribution in [1.29, 1.82) is 0 Å².